The second-order valence-electron chi connectivity index (χ2n) is 5.77. The van der Waals surface area contributed by atoms with Crippen LogP contribution in [0.15, 0.2) is 12.1 Å². The molecule has 2 aliphatic heterocycles. The molecule has 0 radical (unpaired) electrons. The zero-order valence-electron chi connectivity index (χ0n) is 12.3. The van der Waals surface area contributed by atoms with Gasteiger partial charge in [-0.05, 0) is 36.6 Å². The first-order chi connectivity index (χ1) is 9.65. The van der Waals surface area contributed by atoms with Crippen LogP contribution in [0.5, 0.6) is 0 Å². The van der Waals surface area contributed by atoms with E-state index in [9.17, 15) is 4.79 Å². The van der Waals surface area contributed by atoms with Gasteiger partial charge in [-0.3, -0.25) is 9.69 Å². The first-order valence-electron chi connectivity index (χ1n) is 7.34. The Hall–Kier alpha value is -1.39. The van der Waals surface area contributed by atoms with Crippen molar-refractivity contribution in [3.63, 3.8) is 0 Å². The standard InChI is InChI=1S/C16H22N2O2/c1-12-9-14-11-18(16(19)15(14)10-13(12)2)4-3-17-5-7-20-8-6-17/h9-10H,3-8,11H2,1-2H3. The van der Waals surface area contributed by atoms with E-state index in [-0.39, 0.29) is 5.91 Å². The van der Waals surface area contributed by atoms with Gasteiger partial charge in [-0.25, -0.2) is 0 Å². The predicted octanol–water partition coefficient (Wildman–Crippen LogP) is 1.59. The van der Waals surface area contributed by atoms with Crippen molar-refractivity contribution in [2.45, 2.75) is 20.4 Å². The molecule has 3 rings (SSSR count). The van der Waals surface area contributed by atoms with Crippen molar-refractivity contribution >= 4 is 5.91 Å². The lowest BCUT2D eigenvalue weighted by Crippen LogP contribution is -2.41. The van der Waals surface area contributed by atoms with E-state index in [1.54, 1.807) is 0 Å². The molecule has 0 spiro atoms. The highest BCUT2D eigenvalue weighted by Crippen LogP contribution is 2.25. The molecule has 2 heterocycles. The third-order valence-corrected chi connectivity index (χ3v) is 4.39. The van der Waals surface area contributed by atoms with Crippen LogP contribution in [0.4, 0.5) is 0 Å². The molecule has 1 saturated heterocycles. The third kappa shape index (κ3) is 2.58. The van der Waals surface area contributed by atoms with Crippen molar-refractivity contribution in [1.29, 1.82) is 0 Å². The minimum atomic E-state index is 0.191. The second kappa shape index (κ2) is 5.54. The van der Waals surface area contributed by atoms with Crippen LogP contribution in [0.25, 0.3) is 0 Å². The molecule has 2 aliphatic rings. The van der Waals surface area contributed by atoms with Crippen molar-refractivity contribution in [2.75, 3.05) is 39.4 Å². The van der Waals surface area contributed by atoms with E-state index in [2.05, 4.69) is 24.8 Å². The number of carbonyl (C=O) groups excluding carboxylic acids is 1. The summed E-state index contributed by atoms with van der Waals surface area (Å²) >= 11 is 0. The first-order valence-corrected chi connectivity index (χ1v) is 7.34. The summed E-state index contributed by atoms with van der Waals surface area (Å²) in [6, 6.07) is 4.21. The van der Waals surface area contributed by atoms with Gasteiger partial charge in [-0.1, -0.05) is 6.07 Å². The van der Waals surface area contributed by atoms with Gasteiger partial charge in [-0.15, -0.1) is 0 Å². The first kappa shape index (κ1) is 13.6. The molecule has 4 heteroatoms. The van der Waals surface area contributed by atoms with Crippen LogP contribution in [0, 0.1) is 13.8 Å². The summed E-state index contributed by atoms with van der Waals surface area (Å²) in [6.45, 7) is 10.3. The van der Waals surface area contributed by atoms with Gasteiger partial charge in [0.2, 0.25) is 0 Å². The number of ether oxygens (including phenoxy) is 1. The number of morpholine rings is 1. The van der Waals surface area contributed by atoms with Gasteiger partial charge in [0.25, 0.3) is 5.91 Å². The average molecular weight is 274 g/mol. The lowest BCUT2D eigenvalue weighted by Gasteiger charge is -2.28. The molecule has 1 aromatic carbocycles. The largest absolute Gasteiger partial charge is 0.379 e. The molecular weight excluding hydrogens is 252 g/mol. The zero-order valence-corrected chi connectivity index (χ0v) is 12.3. The van der Waals surface area contributed by atoms with Crippen molar-refractivity contribution in [3.8, 4) is 0 Å². The smallest absolute Gasteiger partial charge is 0.254 e. The van der Waals surface area contributed by atoms with E-state index < -0.39 is 0 Å². The fourth-order valence-corrected chi connectivity index (χ4v) is 2.92. The van der Waals surface area contributed by atoms with Crippen LogP contribution in [-0.2, 0) is 11.3 Å². The molecule has 0 atom stereocenters. The number of carbonyl (C=O) groups is 1. The maximum Gasteiger partial charge on any atom is 0.254 e. The van der Waals surface area contributed by atoms with Gasteiger partial charge >= 0.3 is 0 Å². The van der Waals surface area contributed by atoms with E-state index in [1.807, 2.05) is 11.0 Å². The summed E-state index contributed by atoms with van der Waals surface area (Å²) in [5.74, 6) is 0.191. The number of fused-ring (bicyclic) bond motifs is 1. The molecule has 1 aromatic rings. The van der Waals surface area contributed by atoms with Gasteiger partial charge < -0.3 is 9.64 Å². The Bertz CT molecular complexity index is 521. The lowest BCUT2D eigenvalue weighted by atomic mass is 10.0. The molecule has 0 aromatic heterocycles. The molecule has 0 N–H and O–H groups in total. The summed E-state index contributed by atoms with van der Waals surface area (Å²) in [5.41, 5.74) is 4.55. The lowest BCUT2D eigenvalue weighted by molar-refractivity contribution is 0.0327. The van der Waals surface area contributed by atoms with Crippen LogP contribution in [0.1, 0.15) is 27.0 Å². The molecule has 4 nitrogen and oxygen atoms in total. The number of nitrogens with zero attached hydrogens (tertiary/aromatic N) is 2. The number of aryl methyl sites for hydroxylation is 2. The summed E-state index contributed by atoms with van der Waals surface area (Å²) in [5, 5.41) is 0. The van der Waals surface area contributed by atoms with Gasteiger partial charge in [0.15, 0.2) is 0 Å². The average Bonchev–Trinajstić information content (AvgIpc) is 2.75. The Balaban J connectivity index is 1.64. The van der Waals surface area contributed by atoms with E-state index in [1.165, 1.54) is 16.7 Å². The predicted molar refractivity (Wildman–Crippen MR) is 77.9 cm³/mol. The Kier molecular flexibility index (Phi) is 3.76. The normalized spacial score (nSPS) is 19.5. The number of amides is 1. The highest BCUT2D eigenvalue weighted by molar-refractivity contribution is 5.98. The highest BCUT2D eigenvalue weighted by atomic mass is 16.5. The highest BCUT2D eigenvalue weighted by Gasteiger charge is 2.28. The summed E-state index contributed by atoms with van der Waals surface area (Å²) in [6.07, 6.45) is 0. The minimum Gasteiger partial charge on any atom is -0.379 e. The van der Waals surface area contributed by atoms with Crippen molar-refractivity contribution in [2.24, 2.45) is 0 Å². The molecule has 108 valence electrons. The monoisotopic (exact) mass is 274 g/mol. The summed E-state index contributed by atoms with van der Waals surface area (Å²) in [7, 11) is 0. The second-order valence-corrected chi connectivity index (χ2v) is 5.77. The van der Waals surface area contributed by atoms with Crippen molar-refractivity contribution < 1.29 is 9.53 Å². The molecule has 20 heavy (non-hydrogen) atoms. The van der Waals surface area contributed by atoms with Crippen molar-refractivity contribution in [1.82, 2.24) is 9.80 Å². The molecule has 0 saturated carbocycles. The fourth-order valence-electron chi connectivity index (χ4n) is 2.92. The van der Waals surface area contributed by atoms with Crippen LogP contribution < -0.4 is 0 Å². The molecule has 1 fully saturated rings. The fraction of sp³-hybridized carbons (Fsp3) is 0.562. The molecule has 0 unspecified atom stereocenters. The van der Waals surface area contributed by atoms with Gasteiger partial charge in [0, 0.05) is 38.3 Å². The van der Waals surface area contributed by atoms with Crippen LogP contribution in [0.3, 0.4) is 0 Å². The van der Waals surface area contributed by atoms with E-state index >= 15 is 0 Å². The van der Waals surface area contributed by atoms with Crippen molar-refractivity contribution in [3.05, 3.63) is 34.4 Å². The maximum absolute atomic E-state index is 12.4. The third-order valence-electron chi connectivity index (χ3n) is 4.39. The topological polar surface area (TPSA) is 32.8 Å². The van der Waals surface area contributed by atoms with E-state index in [0.717, 1.165) is 51.5 Å². The van der Waals surface area contributed by atoms with Gasteiger partial charge in [-0.2, -0.15) is 0 Å². The van der Waals surface area contributed by atoms with Gasteiger partial charge in [0.05, 0.1) is 13.2 Å². The van der Waals surface area contributed by atoms with Crippen LogP contribution in [-0.4, -0.2) is 55.1 Å². The Morgan fingerprint density at radius 1 is 1.10 bits per heavy atom. The van der Waals surface area contributed by atoms with Crippen LogP contribution in [0.2, 0.25) is 0 Å². The zero-order chi connectivity index (χ0) is 14.1. The quantitative estimate of drug-likeness (QED) is 0.839. The molecule has 0 bridgehead atoms. The number of hydrogen-bond donors (Lipinski definition) is 0. The number of rotatable bonds is 3. The molecule has 0 aliphatic carbocycles. The van der Waals surface area contributed by atoms with E-state index in [4.69, 9.17) is 4.74 Å². The number of hydrogen-bond acceptors (Lipinski definition) is 3. The summed E-state index contributed by atoms with van der Waals surface area (Å²) < 4.78 is 5.35. The SMILES string of the molecule is Cc1cc2c(cc1C)C(=O)N(CCN1CCOCC1)C2. The molecular formula is C16H22N2O2. The number of benzene rings is 1. The Morgan fingerprint density at radius 3 is 2.55 bits per heavy atom. The Morgan fingerprint density at radius 2 is 1.80 bits per heavy atom. The van der Waals surface area contributed by atoms with Crippen LogP contribution >= 0.6 is 0 Å². The van der Waals surface area contributed by atoms with Gasteiger partial charge in [0.1, 0.15) is 0 Å². The minimum absolute atomic E-state index is 0.191. The maximum atomic E-state index is 12.4. The Labute approximate surface area is 120 Å². The van der Waals surface area contributed by atoms with E-state index in [0.29, 0.717) is 0 Å². The molecule has 1 amide bonds. The summed E-state index contributed by atoms with van der Waals surface area (Å²) in [4.78, 5) is 16.8.